The first kappa shape index (κ1) is 12.9. The van der Waals surface area contributed by atoms with Gasteiger partial charge in [-0.3, -0.25) is 0 Å². The van der Waals surface area contributed by atoms with Crippen LogP contribution in [0.1, 0.15) is 39.0 Å². The van der Waals surface area contributed by atoms with Gasteiger partial charge in [0.05, 0.1) is 13.2 Å². The first-order chi connectivity index (χ1) is 7.16. The molecule has 0 heterocycles. The van der Waals surface area contributed by atoms with Crippen LogP contribution >= 0.6 is 0 Å². The van der Waals surface area contributed by atoms with Crippen molar-refractivity contribution >= 4 is 0 Å². The topological polar surface area (TPSA) is 44.5 Å². The lowest BCUT2D eigenvalue weighted by Crippen LogP contribution is -2.44. The Balaban J connectivity index is 2.12. The Bertz CT molecular complexity index is 175. The Morgan fingerprint density at radius 3 is 2.80 bits per heavy atom. The standard InChI is InChI=1S/C12H25NO2/c1-11-4-3-5-12(13,10-11)6-7-15-9-8-14-2/h11H,3-10,13H2,1-2H3. The molecule has 0 saturated heterocycles. The van der Waals surface area contributed by atoms with Crippen molar-refractivity contribution in [1.82, 2.24) is 0 Å². The molecular formula is C12H25NO2. The summed E-state index contributed by atoms with van der Waals surface area (Å²) in [6.07, 6.45) is 5.91. The Kier molecular flexibility index (Phi) is 5.58. The van der Waals surface area contributed by atoms with Crippen molar-refractivity contribution in [2.24, 2.45) is 11.7 Å². The molecule has 1 aliphatic rings. The van der Waals surface area contributed by atoms with Gasteiger partial charge in [-0.15, -0.1) is 0 Å². The summed E-state index contributed by atoms with van der Waals surface area (Å²) in [6.45, 7) is 4.43. The van der Waals surface area contributed by atoms with Crippen molar-refractivity contribution in [3.05, 3.63) is 0 Å². The van der Waals surface area contributed by atoms with Gasteiger partial charge in [-0.05, 0) is 25.2 Å². The first-order valence-corrected chi connectivity index (χ1v) is 6.02. The molecule has 2 atom stereocenters. The lowest BCUT2D eigenvalue weighted by Gasteiger charge is -2.36. The minimum Gasteiger partial charge on any atom is -0.382 e. The van der Waals surface area contributed by atoms with Crippen molar-refractivity contribution < 1.29 is 9.47 Å². The molecule has 1 rings (SSSR count). The van der Waals surface area contributed by atoms with E-state index in [1.807, 2.05) is 0 Å². The molecule has 0 aromatic rings. The molecule has 1 saturated carbocycles. The van der Waals surface area contributed by atoms with E-state index in [1.165, 1.54) is 12.8 Å². The molecule has 0 bridgehead atoms. The predicted octanol–water partition coefficient (Wildman–Crippen LogP) is 1.95. The fourth-order valence-electron chi connectivity index (χ4n) is 2.45. The van der Waals surface area contributed by atoms with Crippen LogP contribution in [0.15, 0.2) is 0 Å². The van der Waals surface area contributed by atoms with Gasteiger partial charge in [0.15, 0.2) is 0 Å². The third-order valence-electron chi connectivity index (χ3n) is 3.30. The number of rotatable bonds is 6. The number of hydrogen-bond donors (Lipinski definition) is 1. The number of hydrogen-bond acceptors (Lipinski definition) is 3. The van der Waals surface area contributed by atoms with E-state index < -0.39 is 0 Å². The largest absolute Gasteiger partial charge is 0.382 e. The highest BCUT2D eigenvalue weighted by atomic mass is 16.5. The molecule has 2 unspecified atom stereocenters. The number of nitrogens with two attached hydrogens (primary N) is 1. The smallest absolute Gasteiger partial charge is 0.0700 e. The van der Waals surface area contributed by atoms with Gasteiger partial charge in [0.2, 0.25) is 0 Å². The van der Waals surface area contributed by atoms with E-state index in [0.29, 0.717) is 13.2 Å². The molecule has 0 aromatic carbocycles. The van der Waals surface area contributed by atoms with Crippen LogP contribution in [-0.2, 0) is 9.47 Å². The van der Waals surface area contributed by atoms with Gasteiger partial charge in [0.25, 0.3) is 0 Å². The zero-order chi connectivity index (χ0) is 11.1. The SMILES string of the molecule is COCCOCCC1(N)CCCC(C)C1. The van der Waals surface area contributed by atoms with E-state index >= 15 is 0 Å². The first-order valence-electron chi connectivity index (χ1n) is 6.02. The van der Waals surface area contributed by atoms with Gasteiger partial charge in [0.1, 0.15) is 0 Å². The number of ether oxygens (including phenoxy) is 2. The second-order valence-electron chi connectivity index (χ2n) is 4.92. The summed E-state index contributed by atoms with van der Waals surface area (Å²) in [5, 5.41) is 0. The molecule has 0 spiro atoms. The summed E-state index contributed by atoms with van der Waals surface area (Å²) in [5.74, 6) is 0.780. The maximum absolute atomic E-state index is 6.35. The van der Waals surface area contributed by atoms with Crippen LogP contribution in [0.5, 0.6) is 0 Å². The summed E-state index contributed by atoms with van der Waals surface area (Å²) in [5.41, 5.74) is 6.39. The zero-order valence-corrected chi connectivity index (χ0v) is 10.1. The van der Waals surface area contributed by atoms with Crippen LogP contribution in [0.3, 0.4) is 0 Å². The molecule has 90 valence electrons. The normalized spacial score (nSPS) is 31.8. The van der Waals surface area contributed by atoms with Crippen molar-refractivity contribution in [3.63, 3.8) is 0 Å². The molecule has 15 heavy (non-hydrogen) atoms. The van der Waals surface area contributed by atoms with E-state index in [1.54, 1.807) is 7.11 Å². The van der Waals surface area contributed by atoms with Gasteiger partial charge >= 0.3 is 0 Å². The van der Waals surface area contributed by atoms with Crippen LogP contribution in [0, 0.1) is 5.92 Å². The highest BCUT2D eigenvalue weighted by molar-refractivity contribution is 4.89. The van der Waals surface area contributed by atoms with Crippen LogP contribution < -0.4 is 5.73 Å². The molecule has 0 aliphatic heterocycles. The highest BCUT2D eigenvalue weighted by Gasteiger charge is 2.30. The average Bonchev–Trinajstić information content (AvgIpc) is 2.17. The van der Waals surface area contributed by atoms with Gasteiger partial charge in [-0.2, -0.15) is 0 Å². The highest BCUT2D eigenvalue weighted by Crippen LogP contribution is 2.32. The molecule has 1 fully saturated rings. The van der Waals surface area contributed by atoms with Gasteiger partial charge in [0, 0.05) is 19.3 Å². The summed E-state index contributed by atoms with van der Waals surface area (Å²) < 4.78 is 10.4. The van der Waals surface area contributed by atoms with E-state index in [-0.39, 0.29) is 5.54 Å². The summed E-state index contributed by atoms with van der Waals surface area (Å²) in [6, 6.07) is 0. The molecule has 0 aromatic heterocycles. The van der Waals surface area contributed by atoms with Crippen molar-refractivity contribution in [1.29, 1.82) is 0 Å². The summed E-state index contributed by atoms with van der Waals surface area (Å²) >= 11 is 0. The molecule has 3 nitrogen and oxygen atoms in total. The maximum atomic E-state index is 6.35. The lowest BCUT2D eigenvalue weighted by atomic mass is 9.75. The molecule has 3 heteroatoms. The van der Waals surface area contributed by atoms with E-state index in [0.717, 1.165) is 31.8 Å². The lowest BCUT2D eigenvalue weighted by molar-refractivity contribution is 0.0549. The van der Waals surface area contributed by atoms with Crippen molar-refractivity contribution in [3.8, 4) is 0 Å². The van der Waals surface area contributed by atoms with Gasteiger partial charge in [-0.25, -0.2) is 0 Å². The minimum absolute atomic E-state index is 0.0325. The van der Waals surface area contributed by atoms with Crippen LogP contribution in [-0.4, -0.2) is 32.5 Å². The van der Waals surface area contributed by atoms with Crippen molar-refractivity contribution in [2.75, 3.05) is 26.9 Å². The monoisotopic (exact) mass is 215 g/mol. The second-order valence-corrected chi connectivity index (χ2v) is 4.92. The molecule has 0 radical (unpaired) electrons. The molecule has 0 amide bonds. The zero-order valence-electron chi connectivity index (χ0n) is 10.1. The van der Waals surface area contributed by atoms with Crippen molar-refractivity contribution in [2.45, 2.75) is 44.6 Å². The number of methoxy groups -OCH3 is 1. The van der Waals surface area contributed by atoms with Gasteiger partial charge < -0.3 is 15.2 Å². The Morgan fingerprint density at radius 2 is 2.13 bits per heavy atom. The third kappa shape index (κ3) is 4.96. The molecule has 1 aliphatic carbocycles. The quantitative estimate of drug-likeness (QED) is 0.689. The van der Waals surface area contributed by atoms with Crippen LogP contribution in [0.4, 0.5) is 0 Å². The van der Waals surface area contributed by atoms with Crippen LogP contribution in [0.2, 0.25) is 0 Å². The van der Waals surface area contributed by atoms with Crippen LogP contribution in [0.25, 0.3) is 0 Å². The molecule has 2 N–H and O–H groups in total. The van der Waals surface area contributed by atoms with E-state index in [9.17, 15) is 0 Å². The maximum Gasteiger partial charge on any atom is 0.0700 e. The predicted molar refractivity (Wildman–Crippen MR) is 61.9 cm³/mol. The summed E-state index contributed by atoms with van der Waals surface area (Å²) in [7, 11) is 1.69. The average molecular weight is 215 g/mol. The van der Waals surface area contributed by atoms with Gasteiger partial charge in [-0.1, -0.05) is 19.8 Å². The fourth-order valence-corrected chi connectivity index (χ4v) is 2.45. The fraction of sp³-hybridized carbons (Fsp3) is 1.00. The Labute approximate surface area is 93.3 Å². The minimum atomic E-state index is 0.0325. The van der Waals surface area contributed by atoms with E-state index in [4.69, 9.17) is 15.2 Å². The Morgan fingerprint density at radius 1 is 1.33 bits per heavy atom. The second kappa shape index (κ2) is 6.46. The third-order valence-corrected chi connectivity index (χ3v) is 3.30. The van der Waals surface area contributed by atoms with E-state index in [2.05, 4.69) is 6.92 Å². The Hall–Kier alpha value is -0.120. The summed E-state index contributed by atoms with van der Waals surface area (Å²) in [4.78, 5) is 0. The molecular weight excluding hydrogens is 190 g/mol.